The zero-order chi connectivity index (χ0) is 10.8. The number of anilines is 1. The van der Waals surface area contributed by atoms with Gasteiger partial charge in [0.05, 0.1) is 6.10 Å². The van der Waals surface area contributed by atoms with Gasteiger partial charge in [0.15, 0.2) is 5.65 Å². The molecule has 2 aromatic heterocycles. The van der Waals surface area contributed by atoms with E-state index in [-0.39, 0.29) is 0 Å². The molecule has 84 valence electrons. The highest BCUT2D eigenvalue weighted by atomic mass is 16.5. The summed E-state index contributed by atoms with van der Waals surface area (Å²) in [5, 5.41) is 15.3. The molecule has 1 aliphatic rings. The number of hydrogen-bond donors (Lipinski definition) is 1. The Morgan fingerprint density at radius 3 is 3.38 bits per heavy atom. The van der Waals surface area contributed by atoms with Crippen molar-refractivity contribution in [3.05, 3.63) is 18.5 Å². The molecule has 1 aliphatic heterocycles. The molecule has 1 atom stereocenters. The molecule has 2 aromatic rings. The average Bonchev–Trinajstić information content (AvgIpc) is 2.97. The van der Waals surface area contributed by atoms with Crippen molar-refractivity contribution in [2.24, 2.45) is 0 Å². The molecular formula is C10H13N5O. The highest BCUT2D eigenvalue weighted by Gasteiger charge is 2.14. The lowest BCUT2D eigenvalue weighted by Crippen LogP contribution is -2.19. The molecule has 0 saturated carbocycles. The van der Waals surface area contributed by atoms with Gasteiger partial charge >= 0.3 is 0 Å². The molecule has 0 amide bonds. The predicted octanol–water partition coefficient (Wildman–Crippen LogP) is 0.715. The maximum absolute atomic E-state index is 5.53. The minimum absolute atomic E-state index is 0.318. The van der Waals surface area contributed by atoms with Gasteiger partial charge in [-0.05, 0) is 25.0 Å². The summed E-state index contributed by atoms with van der Waals surface area (Å²) in [6.07, 6.45) is 4.19. The first-order valence-corrected chi connectivity index (χ1v) is 5.44. The number of hydrogen-bond acceptors (Lipinski definition) is 5. The molecule has 1 N–H and O–H groups in total. The van der Waals surface area contributed by atoms with Gasteiger partial charge in [-0.25, -0.2) is 0 Å². The second kappa shape index (κ2) is 4.05. The summed E-state index contributed by atoms with van der Waals surface area (Å²) < 4.78 is 7.18. The molecule has 0 bridgehead atoms. The second-order valence-corrected chi connectivity index (χ2v) is 3.87. The number of nitrogens with one attached hydrogen (secondary N) is 1. The van der Waals surface area contributed by atoms with Gasteiger partial charge in [-0.15, -0.1) is 15.3 Å². The van der Waals surface area contributed by atoms with Crippen molar-refractivity contribution in [1.82, 2.24) is 19.8 Å². The second-order valence-electron chi connectivity index (χ2n) is 3.87. The molecule has 0 aliphatic carbocycles. The van der Waals surface area contributed by atoms with Crippen molar-refractivity contribution in [3.8, 4) is 0 Å². The number of rotatable bonds is 3. The van der Waals surface area contributed by atoms with Crippen molar-refractivity contribution in [2.75, 3.05) is 18.5 Å². The summed E-state index contributed by atoms with van der Waals surface area (Å²) >= 11 is 0. The van der Waals surface area contributed by atoms with Crippen molar-refractivity contribution in [1.29, 1.82) is 0 Å². The third-order valence-electron chi connectivity index (χ3n) is 2.70. The fourth-order valence-electron chi connectivity index (χ4n) is 1.85. The van der Waals surface area contributed by atoms with Crippen LogP contribution in [0.3, 0.4) is 0 Å². The number of ether oxygens (including phenoxy) is 1. The molecule has 1 saturated heterocycles. The van der Waals surface area contributed by atoms with Gasteiger partial charge in [-0.2, -0.15) is 4.52 Å². The predicted molar refractivity (Wildman–Crippen MR) is 58.2 cm³/mol. The number of aromatic nitrogens is 4. The molecule has 3 heterocycles. The molecule has 0 spiro atoms. The zero-order valence-electron chi connectivity index (χ0n) is 8.83. The Labute approximate surface area is 92.6 Å². The van der Waals surface area contributed by atoms with Crippen molar-refractivity contribution in [2.45, 2.75) is 18.9 Å². The summed E-state index contributed by atoms with van der Waals surface area (Å²) in [5.41, 5.74) is 0.752. The molecule has 3 rings (SSSR count). The van der Waals surface area contributed by atoms with Gasteiger partial charge in [-0.3, -0.25) is 0 Å². The largest absolute Gasteiger partial charge is 0.376 e. The molecule has 1 fully saturated rings. The Bertz CT molecular complexity index is 477. The van der Waals surface area contributed by atoms with Gasteiger partial charge in [0, 0.05) is 13.2 Å². The van der Waals surface area contributed by atoms with Gasteiger partial charge in [0.25, 0.3) is 0 Å². The Morgan fingerprint density at radius 2 is 2.50 bits per heavy atom. The quantitative estimate of drug-likeness (QED) is 0.823. The Morgan fingerprint density at radius 1 is 1.50 bits per heavy atom. The van der Waals surface area contributed by atoms with Crippen LogP contribution >= 0.6 is 0 Å². The van der Waals surface area contributed by atoms with Crippen LogP contribution in [0.4, 0.5) is 5.82 Å². The summed E-state index contributed by atoms with van der Waals surface area (Å²) in [6, 6.07) is 3.79. The van der Waals surface area contributed by atoms with Gasteiger partial charge in [0.2, 0.25) is 0 Å². The Hall–Kier alpha value is -1.69. The van der Waals surface area contributed by atoms with Crippen LogP contribution in [0, 0.1) is 0 Å². The molecule has 6 nitrogen and oxygen atoms in total. The summed E-state index contributed by atoms with van der Waals surface area (Å²) in [7, 11) is 0. The molecule has 6 heteroatoms. The fraction of sp³-hybridized carbons (Fsp3) is 0.500. The van der Waals surface area contributed by atoms with Crippen LogP contribution in [0.2, 0.25) is 0 Å². The summed E-state index contributed by atoms with van der Waals surface area (Å²) in [4.78, 5) is 0. The van der Waals surface area contributed by atoms with Crippen LogP contribution in [0.5, 0.6) is 0 Å². The average molecular weight is 219 g/mol. The lowest BCUT2D eigenvalue weighted by atomic mass is 10.2. The Kier molecular flexibility index (Phi) is 2.41. The lowest BCUT2D eigenvalue weighted by molar-refractivity contribution is 0.120. The molecular weight excluding hydrogens is 206 g/mol. The minimum Gasteiger partial charge on any atom is -0.376 e. The first-order valence-electron chi connectivity index (χ1n) is 5.44. The van der Waals surface area contributed by atoms with E-state index in [0.717, 1.165) is 37.5 Å². The maximum atomic E-state index is 5.53. The highest BCUT2D eigenvalue weighted by Crippen LogP contribution is 2.12. The van der Waals surface area contributed by atoms with Crippen molar-refractivity contribution >= 4 is 11.5 Å². The van der Waals surface area contributed by atoms with E-state index in [2.05, 4.69) is 20.6 Å². The zero-order valence-corrected chi connectivity index (χ0v) is 8.83. The Balaban J connectivity index is 1.68. The van der Waals surface area contributed by atoms with Crippen LogP contribution in [0.15, 0.2) is 18.5 Å². The van der Waals surface area contributed by atoms with Crippen LogP contribution in [-0.4, -0.2) is 39.1 Å². The maximum Gasteiger partial charge on any atom is 0.177 e. The third-order valence-corrected chi connectivity index (χ3v) is 2.70. The van der Waals surface area contributed by atoms with E-state index in [1.54, 1.807) is 10.8 Å². The van der Waals surface area contributed by atoms with Crippen LogP contribution in [0.25, 0.3) is 5.65 Å². The van der Waals surface area contributed by atoms with E-state index >= 15 is 0 Å². The monoisotopic (exact) mass is 219 g/mol. The molecule has 1 unspecified atom stereocenters. The van der Waals surface area contributed by atoms with Crippen LogP contribution < -0.4 is 5.32 Å². The minimum atomic E-state index is 0.318. The van der Waals surface area contributed by atoms with E-state index in [4.69, 9.17) is 4.74 Å². The summed E-state index contributed by atoms with van der Waals surface area (Å²) in [5.74, 6) is 0.822. The van der Waals surface area contributed by atoms with Gasteiger partial charge in [0.1, 0.15) is 12.1 Å². The molecule has 0 aromatic carbocycles. The van der Waals surface area contributed by atoms with E-state index in [9.17, 15) is 0 Å². The van der Waals surface area contributed by atoms with E-state index < -0.39 is 0 Å². The standard InChI is InChI=1S/C10H13N5O/c1-2-8(16-5-1)6-11-9-3-4-10-13-12-7-15(10)14-9/h3-4,7-8H,1-2,5-6H2,(H,11,14). The molecule has 16 heavy (non-hydrogen) atoms. The van der Waals surface area contributed by atoms with Gasteiger partial charge < -0.3 is 10.1 Å². The van der Waals surface area contributed by atoms with Crippen LogP contribution in [0.1, 0.15) is 12.8 Å². The SMILES string of the molecule is c1cc2nncn2nc1NCC1CCCO1. The number of fused-ring (bicyclic) bond motifs is 1. The van der Waals surface area contributed by atoms with Crippen molar-refractivity contribution < 1.29 is 4.74 Å². The van der Waals surface area contributed by atoms with E-state index in [1.165, 1.54) is 0 Å². The van der Waals surface area contributed by atoms with Gasteiger partial charge in [-0.1, -0.05) is 0 Å². The first kappa shape index (κ1) is 9.53. The molecule has 0 radical (unpaired) electrons. The van der Waals surface area contributed by atoms with Crippen LogP contribution in [-0.2, 0) is 4.74 Å². The fourth-order valence-corrected chi connectivity index (χ4v) is 1.85. The van der Waals surface area contributed by atoms with E-state index in [1.807, 2.05) is 12.1 Å². The van der Waals surface area contributed by atoms with Crippen molar-refractivity contribution in [3.63, 3.8) is 0 Å². The first-order chi connectivity index (χ1) is 7.92. The third kappa shape index (κ3) is 1.83. The lowest BCUT2D eigenvalue weighted by Gasteiger charge is -2.10. The number of nitrogens with zero attached hydrogens (tertiary/aromatic N) is 4. The van der Waals surface area contributed by atoms with E-state index in [0.29, 0.717) is 6.10 Å². The summed E-state index contributed by atoms with van der Waals surface area (Å²) in [6.45, 7) is 1.69. The topological polar surface area (TPSA) is 64.3 Å². The normalized spacial score (nSPS) is 20.4. The highest BCUT2D eigenvalue weighted by molar-refractivity contribution is 5.42. The smallest absolute Gasteiger partial charge is 0.177 e.